The maximum absolute atomic E-state index is 11.6. The van der Waals surface area contributed by atoms with Crippen molar-refractivity contribution < 1.29 is 18.8 Å². The third-order valence-electron chi connectivity index (χ3n) is 2.45. The molecule has 1 atom stereocenters. The van der Waals surface area contributed by atoms with E-state index in [1.807, 2.05) is 6.92 Å². The van der Waals surface area contributed by atoms with E-state index < -0.39 is 7.80 Å². The van der Waals surface area contributed by atoms with Gasteiger partial charge in [-0.15, -0.1) is 0 Å². The summed E-state index contributed by atoms with van der Waals surface area (Å²) in [5.41, 5.74) is 0. The first kappa shape index (κ1) is 17.5. The lowest BCUT2D eigenvalue weighted by Crippen LogP contribution is -2.07. The van der Waals surface area contributed by atoms with Crippen LogP contribution in [0.5, 0.6) is 0 Å². The van der Waals surface area contributed by atoms with Crippen molar-refractivity contribution in [3.63, 3.8) is 0 Å². The van der Waals surface area contributed by atoms with Crippen LogP contribution in [0.3, 0.4) is 0 Å². The Bertz CT molecular complexity index is 231. The fraction of sp³-hybridized carbons (Fsp3) is 0.923. The molecule has 0 saturated carbocycles. The Labute approximate surface area is 111 Å². The van der Waals surface area contributed by atoms with Gasteiger partial charge >= 0.3 is 13.8 Å². The predicted octanol–water partition coefficient (Wildman–Crippen LogP) is 3.36. The van der Waals surface area contributed by atoms with Crippen LogP contribution >= 0.6 is 7.80 Å². The van der Waals surface area contributed by atoms with Crippen molar-refractivity contribution in [1.29, 1.82) is 0 Å². The van der Waals surface area contributed by atoms with Crippen molar-refractivity contribution in [3.05, 3.63) is 0 Å². The lowest BCUT2D eigenvalue weighted by molar-refractivity contribution is -0.143. The van der Waals surface area contributed by atoms with Gasteiger partial charge in [0.05, 0.1) is 19.6 Å². The molecule has 0 saturated heterocycles. The number of esters is 1. The largest absolute Gasteiger partial charge is 0.466 e. The van der Waals surface area contributed by atoms with Crippen LogP contribution in [0.4, 0.5) is 0 Å². The van der Waals surface area contributed by atoms with Gasteiger partial charge in [-0.2, -0.15) is 0 Å². The third kappa shape index (κ3) is 12.0. The van der Waals surface area contributed by atoms with Gasteiger partial charge in [0.2, 0.25) is 0 Å². The molecule has 4 nitrogen and oxygen atoms in total. The Kier molecular flexibility index (Phi) is 12.6. The normalized spacial score (nSPS) is 11.3. The molecule has 0 aliphatic carbocycles. The summed E-state index contributed by atoms with van der Waals surface area (Å²) in [5.74, 6) is -0.237. The van der Waals surface area contributed by atoms with Crippen molar-refractivity contribution in [2.75, 3.05) is 32.1 Å². The lowest BCUT2D eigenvalue weighted by atomic mass is 10.4. The highest BCUT2D eigenvalue weighted by Crippen LogP contribution is 2.21. The molecule has 18 heavy (non-hydrogen) atoms. The van der Waals surface area contributed by atoms with E-state index in [1.54, 1.807) is 0 Å². The van der Waals surface area contributed by atoms with Gasteiger partial charge in [-0.25, -0.2) is 0 Å². The highest BCUT2D eigenvalue weighted by atomic mass is 31.1. The number of carbonyl (C=O) groups is 1. The maximum atomic E-state index is 11.6. The van der Waals surface area contributed by atoms with Gasteiger partial charge < -0.3 is 9.47 Å². The summed E-state index contributed by atoms with van der Waals surface area (Å²) in [6.07, 6.45) is 5.27. The second-order valence-corrected chi connectivity index (χ2v) is 6.08. The Morgan fingerprint density at radius 3 is 2.33 bits per heavy atom. The predicted molar refractivity (Wildman–Crippen MR) is 73.6 cm³/mol. The monoisotopic (exact) mass is 277 g/mol. The van der Waals surface area contributed by atoms with E-state index >= 15 is 0 Å². The van der Waals surface area contributed by atoms with E-state index in [4.69, 9.17) is 9.47 Å². The molecule has 0 rings (SSSR count). The number of rotatable bonds is 12. The molecule has 0 spiro atoms. The summed E-state index contributed by atoms with van der Waals surface area (Å²) in [4.78, 5) is 11.3. The van der Waals surface area contributed by atoms with Crippen LogP contribution in [-0.4, -0.2) is 38.1 Å². The Balaban J connectivity index is 3.37. The number of unbranched alkanes of at least 4 members (excludes halogenated alkanes) is 2. The minimum absolute atomic E-state index is 0.237. The minimum atomic E-state index is -1.33. The van der Waals surface area contributed by atoms with Crippen molar-refractivity contribution in [3.8, 4) is 0 Å². The summed E-state index contributed by atoms with van der Waals surface area (Å²) in [7, 11) is -1.33. The van der Waals surface area contributed by atoms with E-state index in [0.29, 0.717) is 25.5 Å². The van der Waals surface area contributed by atoms with Crippen molar-refractivity contribution >= 4 is 13.8 Å². The molecule has 0 aromatic carbocycles. The third-order valence-corrected chi connectivity index (χ3v) is 3.86. The summed E-state index contributed by atoms with van der Waals surface area (Å²) in [5, 5.41) is 0. The molecule has 0 amide bonds. The summed E-state index contributed by atoms with van der Waals surface area (Å²) >= 11 is 0. The molecule has 0 bridgehead atoms. The first-order chi connectivity index (χ1) is 8.70. The van der Waals surface area contributed by atoms with Crippen LogP contribution in [0.2, 0.25) is 0 Å². The van der Waals surface area contributed by atoms with Crippen molar-refractivity contribution in [1.82, 2.24) is 0 Å². The smallest absolute Gasteiger partial charge is 0.341 e. The zero-order valence-electron chi connectivity index (χ0n) is 11.7. The number of hydrogen-bond donors (Lipinski definition) is 0. The van der Waals surface area contributed by atoms with Gasteiger partial charge in [0.15, 0.2) is 12.3 Å². The zero-order chi connectivity index (χ0) is 13.6. The van der Waals surface area contributed by atoms with Gasteiger partial charge in [0.25, 0.3) is 0 Å². The second-order valence-electron chi connectivity index (χ2n) is 4.22. The van der Waals surface area contributed by atoms with Crippen LogP contribution < -0.4 is 0 Å². The van der Waals surface area contributed by atoms with Crippen LogP contribution in [0.1, 0.15) is 46.0 Å². The topological polar surface area (TPSA) is 52.6 Å². The van der Waals surface area contributed by atoms with Crippen LogP contribution in [0, 0.1) is 0 Å². The van der Waals surface area contributed by atoms with Gasteiger partial charge in [-0.3, -0.25) is 4.79 Å². The van der Waals surface area contributed by atoms with E-state index in [9.17, 15) is 9.36 Å². The average molecular weight is 277 g/mol. The molecule has 106 valence electrons. The maximum Gasteiger partial charge on any atom is 0.341 e. The highest BCUT2D eigenvalue weighted by Gasteiger charge is 2.17. The van der Waals surface area contributed by atoms with E-state index in [0.717, 1.165) is 32.3 Å². The number of ether oxygens (including phenoxy) is 2. The van der Waals surface area contributed by atoms with Crippen molar-refractivity contribution in [2.45, 2.75) is 46.0 Å². The van der Waals surface area contributed by atoms with Crippen molar-refractivity contribution in [2.24, 2.45) is 0 Å². The molecule has 0 aromatic rings. The van der Waals surface area contributed by atoms with Gasteiger partial charge in [0.1, 0.15) is 0 Å². The standard InChI is InChI=1S/C13H26O4P/c1-3-5-8-16-10-12-18(15)11-7-13(14)17-9-6-4-2/h3-12H2,1-2H3/q+1. The molecule has 0 radical (unpaired) electrons. The Morgan fingerprint density at radius 2 is 1.67 bits per heavy atom. The van der Waals surface area contributed by atoms with Gasteiger partial charge in [-0.1, -0.05) is 31.3 Å². The van der Waals surface area contributed by atoms with E-state index in [1.165, 1.54) is 0 Å². The SMILES string of the molecule is CCCCOCC[P+](=O)CCC(=O)OCCCC. The van der Waals surface area contributed by atoms with Crippen LogP contribution in [-0.2, 0) is 18.8 Å². The Morgan fingerprint density at radius 1 is 1.00 bits per heavy atom. The lowest BCUT2D eigenvalue weighted by Gasteiger charge is -2.00. The van der Waals surface area contributed by atoms with Gasteiger partial charge in [0, 0.05) is 6.61 Å². The number of hydrogen-bond acceptors (Lipinski definition) is 4. The first-order valence-electron chi connectivity index (χ1n) is 6.86. The Hall–Kier alpha value is -0.470. The minimum Gasteiger partial charge on any atom is -0.466 e. The van der Waals surface area contributed by atoms with Crippen LogP contribution in [0.25, 0.3) is 0 Å². The fourth-order valence-corrected chi connectivity index (χ4v) is 2.23. The molecule has 0 N–H and O–H groups in total. The number of carbonyl (C=O) groups excluding carboxylic acids is 1. The zero-order valence-corrected chi connectivity index (χ0v) is 12.5. The highest BCUT2D eigenvalue weighted by molar-refractivity contribution is 7.44. The molecular weight excluding hydrogens is 251 g/mol. The summed E-state index contributed by atoms with van der Waals surface area (Å²) < 4.78 is 21.9. The quantitative estimate of drug-likeness (QED) is 0.312. The molecule has 0 aliphatic rings. The molecule has 5 heteroatoms. The second kappa shape index (κ2) is 13.0. The molecule has 1 unspecified atom stereocenters. The molecular formula is C13H26O4P+. The fourth-order valence-electron chi connectivity index (χ4n) is 1.25. The van der Waals surface area contributed by atoms with E-state index in [-0.39, 0.29) is 12.4 Å². The molecule has 0 heterocycles. The molecule has 0 aromatic heterocycles. The summed E-state index contributed by atoms with van der Waals surface area (Å²) in [6, 6.07) is 0. The molecule has 0 fully saturated rings. The summed E-state index contributed by atoms with van der Waals surface area (Å²) in [6.45, 7) is 5.89. The average Bonchev–Trinajstić information content (AvgIpc) is 2.36. The first-order valence-corrected chi connectivity index (χ1v) is 8.49. The van der Waals surface area contributed by atoms with E-state index in [2.05, 4.69) is 6.92 Å². The van der Waals surface area contributed by atoms with Gasteiger partial charge in [-0.05, 0) is 12.8 Å². The molecule has 0 aliphatic heterocycles. The van der Waals surface area contributed by atoms with Crippen LogP contribution in [0.15, 0.2) is 0 Å².